The second-order valence-corrected chi connectivity index (χ2v) is 3.50. The molecule has 82 valence electrons. The fourth-order valence-corrected chi connectivity index (χ4v) is 1.46. The van der Waals surface area contributed by atoms with Crippen LogP contribution in [0.25, 0.3) is 11.3 Å². The first-order valence-corrected chi connectivity index (χ1v) is 4.80. The van der Waals surface area contributed by atoms with E-state index in [2.05, 4.69) is 15.1 Å². The van der Waals surface area contributed by atoms with Crippen LogP contribution in [0.15, 0.2) is 35.6 Å². The van der Waals surface area contributed by atoms with E-state index in [1.807, 2.05) is 31.2 Å². The van der Waals surface area contributed by atoms with Crippen LogP contribution in [0.2, 0.25) is 0 Å². The lowest BCUT2D eigenvalue weighted by molar-refractivity contribution is 0.318. The number of hydrogen-bond donors (Lipinski definition) is 3. The number of H-pyrrole nitrogens is 1. The number of nitrogens with one attached hydrogen (secondary N) is 1. The molecule has 0 aliphatic carbocycles. The van der Waals surface area contributed by atoms with E-state index in [0.29, 0.717) is 5.82 Å². The van der Waals surface area contributed by atoms with Gasteiger partial charge in [-0.25, -0.2) is 4.98 Å². The van der Waals surface area contributed by atoms with Gasteiger partial charge in [0.15, 0.2) is 5.82 Å². The van der Waals surface area contributed by atoms with Crippen molar-refractivity contribution in [2.24, 2.45) is 10.9 Å². The second kappa shape index (κ2) is 4.06. The summed E-state index contributed by atoms with van der Waals surface area (Å²) in [7, 11) is 0. The summed E-state index contributed by atoms with van der Waals surface area (Å²) in [5.41, 5.74) is 8.44. The molecule has 0 aliphatic heterocycles. The molecule has 0 spiro atoms. The average molecular weight is 216 g/mol. The molecule has 5 nitrogen and oxygen atoms in total. The molecular formula is C11H12N4O. The molecule has 0 fully saturated rings. The Morgan fingerprint density at radius 2 is 2.31 bits per heavy atom. The van der Waals surface area contributed by atoms with Crippen molar-refractivity contribution >= 4 is 5.84 Å². The number of nitrogens with zero attached hydrogens (tertiary/aromatic N) is 2. The molecule has 1 aromatic heterocycles. The molecule has 2 aromatic rings. The number of benzene rings is 1. The molecule has 0 aliphatic rings. The lowest BCUT2D eigenvalue weighted by Gasteiger charge is -1.98. The van der Waals surface area contributed by atoms with Gasteiger partial charge in [-0.15, -0.1) is 0 Å². The first-order chi connectivity index (χ1) is 7.70. The Bertz CT molecular complexity index is 530. The third-order valence-corrected chi connectivity index (χ3v) is 2.26. The highest BCUT2D eigenvalue weighted by Crippen LogP contribution is 2.17. The molecule has 0 unspecified atom stereocenters. The zero-order valence-electron chi connectivity index (χ0n) is 8.81. The Morgan fingerprint density at radius 3 is 3.00 bits per heavy atom. The van der Waals surface area contributed by atoms with Crippen LogP contribution in [0, 0.1) is 6.92 Å². The minimum absolute atomic E-state index is 0.0288. The number of aromatic nitrogens is 2. The van der Waals surface area contributed by atoms with Gasteiger partial charge in [0.2, 0.25) is 5.84 Å². The zero-order valence-corrected chi connectivity index (χ0v) is 8.81. The Labute approximate surface area is 92.6 Å². The molecule has 0 saturated heterocycles. The molecule has 1 heterocycles. The zero-order chi connectivity index (χ0) is 11.5. The minimum atomic E-state index is -0.0288. The van der Waals surface area contributed by atoms with Gasteiger partial charge in [0.25, 0.3) is 0 Å². The number of oxime groups is 1. The minimum Gasteiger partial charge on any atom is -0.409 e. The van der Waals surface area contributed by atoms with Crippen molar-refractivity contribution in [3.8, 4) is 11.3 Å². The van der Waals surface area contributed by atoms with Crippen LogP contribution >= 0.6 is 0 Å². The normalized spacial score (nSPS) is 11.7. The molecule has 4 N–H and O–H groups in total. The van der Waals surface area contributed by atoms with Crippen molar-refractivity contribution in [3.63, 3.8) is 0 Å². The van der Waals surface area contributed by atoms with E-state index in [0.717, 1.165) is 16.8 Å². The van der Waals surface area contributed by atoms with Crippen LogP contribution in [0.3, 0.4) is 0 Å². The van der Waals surface area contributed by atoms with Crippen LogP contribution in [0.5, 0.6) is 0 Å². The van der Waals surface area contributed by atoms with Gasteiger partial charge in [-0.1, -0.05) is 28.9 Å². The molecule has 0 saturated carbocycles. The standard InChI is InChI=1S/C11H12N4O/c1-7-3-2-4-8(5-7)9-6-13-11(14-9)10(12)15-16/h2-6,16H,1H3,(H2,12,15)(H,13,14). The highest BCUT2D eigenvalue weighted by atomic mass is 16.4. The van der Waals surface area contributed by atoms with Crippen molar-refractivity contribution in [2.75, 3.05) is 0 Å². The number of aromatic amines is 1. The van der Waals surface area contributed by atoms with E-state index in [1.54, 1.807) is 6.20 Å². The summed E-state index contributed by atoms with van der Waals surface area (Å²) >= 11 is 0. The third kappa shape index (κ3) is 1.88. The first-order valence-electron chi connectivity index (χ1n) is 4.80. The highest BCUT2D eigenvalue weighted by Gasteiger charge is 2.06. The summed E-state index contributed by atoms with van der Waals surface area (Å²) in [5.74, 6) is 0.331. The smallest absolute Gasteiger partial charge is 0.205 e. The van der Waals surface area contributed by atoms with Gasteiger partial charge in [-0.05, 0) is 18.6 Å². The van der Waals surface area contributed by atoms with E-state index in [1.165, 1.54) is 0 Å². The average Bonchev–Trinajstić information content (AvgIpc) is 2.77. The molecule has 0 amide bonds. The van der Waals surface area contributed by atoms with Crippen LogP contribution in [-0.2, 0) is 0 Å². The quantitative estimate of drug-likeness (QED) is 0.307. The molecule has 0 radical (unpaired) electrons. The van der Waals surface area contributed by atoms with E-state index < -0.39 is 0 Å². The number of amidine groups is 1. The predicted molar refractivity (Wildman–Crippen MR) is 61.3 cm³/mol. The van der Waals surface area contributed by atoms with Crippen molar-refractivity contribution in [2.45, 2.75) is 6.92 Å². The molecule has 1 aromatic carbocycles. The molecule has 2 rings (SSSR count). The van der Waals surface area contributed by atoms with E-state index >= 15 is 0 Å². The van der Waals surface area contributed by atoms with Crippen LogP contribution in [0.1, 0.15) is 11.4 Å². The third-order valence-electron chi connectivity index (χ3n) is 2.26. The number of hydrogen-bond acceptors (Lipinski definition) is 3. The molecule has 0 atom stereocenters. The van der Waals surface area contributed by atoms with Gasteiger partial charge in [0.1, 0.15) is 0 Å². The highest BCUT2D eigenvalue weighted by molar-refractivity contribution is 5.94. The van der Waals surface area contributed by atoms with Crippen LogP contribution in [-0.4, -0.2) is 21.0 Å². The topological polar surface area (TPSA) is 87.3 Å². The fourth-order valence-electron chi connectivity index (χ4n) is 1.46. The monoisotopic (exact) mass is 216 g/mol. The van der Waals surface area contributed by atoms with Gasteiger partial charge in [0, 0.05) is 0 Å². The second-order valence-electron chi connectivity index (χ2n) is 3.50. The number of rotatable bonds is 2. The van der Waals surface area contributed by atoms with Gasteiger partial charge >= 0.3 is 0 Å². The maximum atomic E-state index is 8.52. The molecular weight excluding hydrogens is 204 g/mol. The lowest BCUT2D eigenvalue weighted by Crippen LogP contribution is -2.14. The Kier molecular flexibility index (Phi) is 2.59. The summed E-state index contributed by atoms with van der Waals surface area (Å²) in [4.78, 5) is 7.00. The van der Waals surface area contributed by atoms with Crippen LogP contribution < -0.4 is 5.73 Å². The van der Waals surface area contributed by atoms with Crippen molar-refractivity contribution in [1.82, 2.24) is 9.97 Å². The lowest BCUT2D eigenvalue weighted by atomic mass is 10.1. The van der Waals surface area contributed by atoms with E-state index in [9.17, 15) is 0 Å². The summed E-state index contributed by atoms with van der Waals surface area (Å²) < 4.78 is 0. The maximum Gasteiger partial charge on any atom is 0.205 e. The Morgan fingerprint density at radius 1 is 1.50 bits per heavy atom. The SMILES string of the molecule is Cc1cccc(-c2cnc(/C(N)=N/O)[nH]2)c1. The van der Waals surface area contributed by atoms with Gasteiger partial charge in [-0.3, -0.25) is 0 Å². The van der Waals surface area contributed by atoms with E-state index in [-0.39, 0.29) is 5.84 Å². The number of aryl methyl sites for hydroxylation is 1. The molecule has 0 bridgehead atoms. The summed E-state index contributed by atoms with van der Waals surface area (Å²) in [5, 5.41) is 11.4. The summed E-state index contributed by atoms with van der Waals surface area (Å²) in [6.45, 7) is 2.02. The Hall–Kier alpha value is -2.30. The van der Waals surface area contributed by atoms with Gasteiger partial charge in [-0.2, -0.15) is 0 Å². The first kappa shape index (κ1) is 10.2. The van der Waals surface area contributed by atoms with Gasteiger partial charge < -0.3 is 15.9 Å². The summed E-state index contributed by atoms with van der Waals surface area (Å²) in [6.07, 6.45) is 1.65. The van der Waals surface area contributed by atoms with Crippen LogP contribution in [0.4, 0.5) is 0 Å². The maximum absolute atomic E-state index is 8.52. The van der Waals surface area contributed by atoms with Crippen molar-refractivity contribution in [1.29, 1.82) is 0 Å². The van der Waals surface area contributed by atoms with Crippen molar-refractivity contribution in [3.05, 3.63) is 41.9 Å². The number of nitrogens with two attached hydrogens (primary N) is 1. The molecule has 16 heavy (non-hydrogen) atoms. The molecule has 5 heteroatoms. The Balaban J connectivity index is 2.39. The summed E-state index contributed by atoms with van der Waals surface area (Å²) in [6, 6.07) is 7.99. The van der Waals surface area contributed by atoms with E-state index in [4.69, 9.17) is 10.9 Å². The van der Waals surface area contributed by atoms with Crippen molar-refractivity contribution < 1.29 is 5.21 Å². The fraction of sp³-hybridized carbons (Fsp3) is 0.0909. The van der Waals surface area contributed by atoms with Gasteiger partial charge in [0.05, 0.1) is 11.9 Å². The number of imidazole rings is 1. The predicted octanol–water partition coefficient (Wildman–Crippen LogP) is 1.48. The largest absolute Gasteiger partial charge is 0.409 e.